The summed E-state index contributed by atoms with van der Waals surface area (Å²) in [4.78, 5) is 4.13. The van der Waals surface area contributed by atoms with Gasteiger partial charge in [0.2, 0.25) is 0 Å². The van der Waals surface area contributed by atoms with Gasteiger partial charge in [-0.25, -0.2) is 4.98 Å². The summed E-state index contributed by atoms with van der Waals surface area (Å²) in [5, 5.41) is 10.5. The number of rotatable bonds is 5. The summed E-state index contributed by atoms with van der Waals surface area (Å²) >= 11 is 0. The summed E-state index contributed by atoms with van der Waals surface area (Å²) in [7, 11) is 0. The third-order valence-electron chi connectivity index (χ3n) is 3.56. The Morgan fingerprint density at radius 2 is 1.95 bits per heavy atom. The average Bonchev–Trinajstić information content (AvgIpc) is 3.11. The molecule has 4 heteroatoms. The lowest BCUT2D eigenvalue weighted by Gasteiger charge is -2.17. The Balaban J connectivity index is 1.78. The number of aliphatic hydroxyl groups excluding tert-OH is 1. The van der Waals surface area contributed by atoms with Crippen molar-refractivity contribution >= 4 is 0 Å². The van der Waals surface area contributed by atoms with Gasteiger partial charge >= 0.3 is 0 Å². The molecule has 1 fully saturated rings. The first-order chi connectivity index (χ1) is 9.65. The van der Waals surface area contributed by atoms with Crippen LogP contribution in [0.15, 0.2) is 36.8 Å². The van der Waals surface area contributed by atoms with E-state index in [2.05, 4.69) is 18.8 Å². The molecule has 1 N–H and O–H groups in total. The molecule has 106 valence electrons. The molecule has 0 aliphatic heterocycles. The van der Waals surface area contributed by atoms with E-state index in [9.17, 15) is 5.11 Å². The minimum Gasteiger partial charge on any atom is -0.490 e. The van der Waals surface area contributed by atoms with Crippen LogP contribution in [0.2, 0.25) is 0 Å². The van der Waals surface area contributed by atoms with E-state index in [0.717, 1.165) is 29.8 Å². The Hall–Kier alpha value is -1.81. The van der Waals surface area contributed by atoms with Crippen LogP contribution in [0, 0.1) is 0 Å². The molecule has 0 amide bonds. The largest absolute Gasteiger partial charge is 0.490 e. The van der Waals surface area contributed by atoms with Crippen LogP contribution in [0.4, 0.5) is 0 Å². The lowest BCUT2D eigenvalue weighted by molar-refractivity contribution is 0.207. The number of hydrogen-bond donors (Lipinski definition) is 1. The van der Waals surface area contributed by atoms with Crippen molar-refractivity contribution in [2.24, 2.45) is 0 Å². The Bertz CT molecular complexity index is 570. The molecule has 1 aromatic heterocycles. The van der Waals surface area contributed by atoms with Gasteiger partial charge in [-0.05, 0) is 44.4 Å². The third kappa shape index (κ3) is 2.70. The van der Waals surface area contributed by atoms with E-state index < -0.39 is 6.10 Å². The van der Waals surface area contributed by atoms with Gasteiger partial charge in [0.05, 0.1) is 24.3 Å². The highest BCUT2D eigenvalue weighted by atomic mass is 16.5. The van der Waals surface area contributed by atoms with Crippen molar-refractivity contribution in [3.05, 3.63) is 48.0 Å². The molecular weight excluding hydrogens is 252 g/mol. The van der Waals surface area contributed by atoms with Gasteiger partial charge in [-0.2, -0.15) is 0 Å². The second-order valence-corrected chi connectivity index (χ2v) is 5.61. The van der Waals surface area contributed by atoms with Crippen LogP contribution in [0.3, 0.4) is 0 Å². The van der Waals surface area contributed by atoms with Crippen molar-refractivity contribution in [3.8, 4) is 5.75 Å². The fraction of sp³-hybridized carbons (Fsp3) is 0.438. The van der Waals surface area contributed by atoms with E-state index >= 15 is 0 Å². The zero-order valence-electron chi connectivity index (χ0n) is 11.9. The molecule has 1 aromatic carbocycles. The molecule has 0 bridgehead atoms. The van der Waals surface area contributed by atoms with Gasteiger partial charge in [0.25, 0.3) is 0 Å². The third-order valence-corrected chi connectivity index (χ3v) is 3.56. The molecule has 20 heavy (non-hydrogen) atoms. The highest BCUT2D eigenvalue weighted by molar-refractivity contribution is 5.32. The number of aliphatic hydroxyl groups is 1. The summed E-state index contributed by atoms with van der Waals surface area (Å²) in [6.45, 7) is 4.15. The minimum atomic E-state index is -0.658. The minimum absolute atomic E-state index is 0.277. The summed E-state index contributed by atoms with van der Waals surface area (Å²) in [5.41, 5.74) is 1.67. The Morgan fingerprint density at radius 1 is 1.25 bits per heavy atom. The van der Waals surface area contributed by atoms with Crippen LogP contribution in [-0.4, -0.2) is 20.8 Å². The number of aromatic nitrogens is 2. The van der Waals surface area contributed by atoms with Gasteiger partial charge in [0, 0.05) is 6.04 Å². The van der Waals surface area contributed by atoms with Crippen LogP contribution in [0.5, 0.6) is 5.75 Å². The lowest BCUT2D eigenvalue weighted by Crippen LogP contribution is -2.10. The Labute approximate surface area is 119 Å². The molecule has 0 saturated heterocycles. The van der Waals surface area contributed by atoms with Gasteiger partial charge in [-0.1, -0.05) is 12.1 Å². The fourth-order valence-electron chi connectivity index (χ4n) is 2.24. The molecule has 3 rings (SSSR count). The number of benzene rings is 1. The zero-order chi connectivity index (χ0) is 14.1. The van der Waals surface area contributed by atoms with E-state index in [0.29, 0.717) is 6.10 Å². The Morgan fingerprint density at radius 3 is 2.55 bits per heavy atom. The summed E-state index contributed by atoms with van der Waals surface area (Å²) in [5.74, 6) is 0.876. The average molecular weight is 272 g/mol. The van der Waals surface area contributed by atoms with Crippen molar-refractivity contribution in [2.75, 3.05) is 0 Å². The predicted molar refractivity (Wildman–Crippen MR) is 76.8 cm³/mol. The number of ether oxygens (including phenoxy) is 1. The van der Waals surface area contributed by atoms with Gasteiger partial charge in [0.1, 0.15) is 11.9 Å². The van der Waals surface area contributed by atoms with Crippen LogP contribution in [-0.2, 0) is 0 Å². The van der Waals surface area contributed by atoms with E-state index in [-0.39, 0.29) is 6.04 Å². The number of imidazole rings is 1. The highest BCUT2D eigenvalue weighted by Gasteiger charge is 2.23. The monoisotopic (exact) mass is 272 g/mol. The van der Waals surface area contributed by atoms with E-state index in [1.165, 1.54) is 0 Å². The molecule has 1 saturated carbocycles. The van der Waals surface area contributed by atoms with E-state index in [1.54, 1.807) is 12.5 Å². The first-order valence-electron chi connectivity index (χ1n) is 7.11. The molecule has 1 atom stereocenters. The maximum atomic E-state index is 10.5. The topological polar surface area (TPSA) is 47.3 Å². The molecule has 1 unspecified atom stereocenters. The number of nitrogens with zero attached hydrogens (tertiary/aromatic N) is 2. The number of hydrogen-bond acceptors (Lipinski definition) is 3. The zero-order valence-corrected chi connectivity index (χ0v) is 11.9. The second-order valence-electron chi connectivity index (χ2n) is 5.61. The van der Waals surface area contributed by atoms with Crippen molar-refractivity contribution < 1.29 is 9.84 Å². The van der Waals surface area contributed by atoms with Crippen molar-refractivity contribution in [3.63, 3.8) is 0 Å². The van der Waals surface area contributed by atoms with Crippen LogP contribution in [0.1, 0.15) is 50.1 Å². The summed E-state index contributed by atoms with van der Waals surface area (Å²) in [6, 6.07) is 7.96. The van der Waals surface area contributed by atoms with Crippen molar-refractivity contribution in [1.82, 2.24) is 9.55 Å². The first kappa shape index (κ1) is 13.2. The predicted octanol–water partition coefficient (Wildman–Crippen LogP) is 3.09. The molecule has 0 radical (unpaired) electrons. The van der Waals surface area contributed by atoms with Crippen LogP contribution < -0.4 is 4.74 Å². The summed E-state index contributed by atoms with van der Waals surface area (Å²) < 4.78 is 7.70. The quantitative estimate of drug-likeness (QED) is 0.910. The standard InChI is InChI=1S/C16H20N2O2/c1-11(2)18-10-17-9-15(18)16(19)12-3-5-13(6-4-12)20-14-7-8-14/h3-6,9-11,14,16,19H,7-8H2,1-2H3. The first-order valence-corrected chi connectivity index (χ1v) is 7.11. The normalized spacial score (nSPS) is 16.4. The fourth-order valence-corrected chi connectivity index (χ4v) is 2.24. The Kier molecular flexibility index (Phi) is 3.49. The van der Waals surface area contributed by atoms with E-state index in [1.807, 2.05) is 28.8 Å². The smallest absolute Gasteiger partial charge is 0.121 e. The maximum Gasteiger partial charge on any atom is 0.121 e. The lowest BCUT2D eigenvalue weighted by atomic mass is 10.1. The highest BCUT2D eigenvalue weighted by Crippen LogP contribution is 2.29. The molecule has 0 spiro atoms. The maximum absolute atomic E-state index is 10.5. The van der Waals surface area contributed by atoms with Crippen molar-refractivity contribution in [1.29, 1.82) is 0 Å². The van der Waals surface area contributed by atoms with Crippen molar-refractivity contribution in [2.45, 2.75) is 44.9 Å². The van der Waals surface area contributed by atoms with Crippen LogP contribution >= 0.6 is 0 Å². The van der Waals surface area contributed by atoms with E-state index in [4.69, 9.17) is 4.74 Å². The van der Waals surface area contributed by atoms with Gasteiger partial charge in [-0.3, -0.25) is 0 Å². The van der Waals surface area contributed by atoms with Crippen LogP contribution in [0.25, 0.3) is 0 Å². The molecule has 1 heterocycles. The molecule has 4 nitrogen and oxygen atoms in total. The SMILES string of the molecule is CC(C)n1cncc1C(O)c1ccc(OC2CC2)cc1. The molecule has 1 aliphatic carbocycles. The second kappa shape index (κ2) is 5.29. The molecular formula is C16H20N2O2. The van der Waals surface area contributed by atoms with Gasteiger partial charge < -0.3 is 14.4 Å². The molecule has 1 aliphatic rings. The van der Waals surface area contributed by atoms with Gasteiger partial charge in [0.15, 0.2) is 0 Å². The molecule has 2 aromatic rings. The van der Waals surface area contributed by atoms with Gasteiger partial charge in [-0.15, -0.1) is 0 Å². The summed E-state index contributed by atoms with van der Waals surface area (Å²) in [6.07, 6.45) is 5.52.